The molecule has 0 aromatic carbocycles. The number of hydrogen-bond acceptors (Lipinski definition) is 2. The molecule has 2 atom stereocenters. The third kappa shape index (κ3) is 1.65. The minimum Gasteiger partial charge on any atom is -0.316 e. The molecule has 2 aliphatic rings. The average Bonchev–Trinajstić information content (AvgIpc) is 2.50. The molecule has 4 heteroatoms. The van der Waals surface area contributed by atoms with Crippen molar-refractivity contribution in [2.45, 2.75) is 31.7 Å². The summed E-state index contributed by atoms with van der Waals surface area (Å²) >= 11 is 0. The first-order valence-corrected chi connectivity index (χ1v) is 5.24. The fourth-order valence-electron chi connectivity index (χ4n) is 2.32. The van der Waals surface area contributed by atoms with E-state index < -0.39 is 11.3 Å². The van der Waals surface area contributed by atoms with Crippen molar-refractivity contribution in [2.75, 3.05) is 26.7 Å². The Balaban J connectivity index is 1.83. The first-order valence-electron chi connectivity index (χ1n) is 5.24. The van der Waals surface area contributed by atoms with Crippen molar-refractivity contribution in [1.82, 2.24) is 10.2 Å². The number of nitrogens with one attached hydrogen (secondary N) is 1. The summed E-state index contributed by atoms with van der Waals surface area (Å²) in [6, 6.07) is 0.492. The summed E-state index contributed by atoms with van der Waals surface area (Å²) < 4.78 is 25.9. The molecular weight excluding hydrogens is 186 g/mol. The van der Waals surface area contributed by atoms with E-state index in [9.17, 15) is 8.78 Å². The maximum atomic E-state index is 13.0. The van der Waals surface area contributed by atoms with Crippen LogP contribution in [0.3, 0.4) is 0 Å². The number of alkyl halides is 2. The lowest BCUT2D eigenvalue weighted by Gasteiger charge is -2.20. The summed E-state index contributed by atoms with van der Waals surface area (Å²) in [6.45, 7) is 4.12. The second-order valence-corrected chi connectivity index (χ2v) is 4.95. The first kappa shape index (κ1) is 10.3. The maximum absolute atomic E-state index is 13.0. The zero-order chi connectivity index (χ0) is 10.4. The van der Waals surface area contributed by atoms with Crippen molar-refractivity contribution in [2.24, 2.45) is 5.41 Å². The molecule has 2 rings (SSSR count). The molecule has 0 amide bonds. The van der Waals surface area contributed by atoms with E-state index in [0.717, 1.165) is 19.5 Å². The van der Waals surface area contributed by atoms with Gasteiger partial charge in [-0.05, 0) is 20.0 Å². The predicted octanol–water partition coefficient (Wildman–Crippen LogP) is 1.33. The number of nitrogens with zero attached hydrogens (tertiary/aromatic N) is 1. The van der Waals surface area contributed by atoms with Gasteiger partial charge in [0.25, 0.3) is 5.92 Å². The zero-order valence-electron chi connectivity index (χ0n) is 8.82. The lowest BCUT2D eigenvalue weighted by molar-refractivity contribution is 0.0564. The van der Waals surface area contributed by atoms with Gasteiger partial charge in [-0.15, -0.1) is 0 Å². The van der Waals surface area contributed by atoms with Gasteiger partial charge in [-0.25, -0.2) is 8.78 Å². The molecule has 0 spiro atoms. The Morgan fingerprint density at radius 1 is 1.50 bits per heavy atom. The van der Waals surface area contributed by atoms with Crippen molar-refractivity contribution in [3.8, 4) is 0 Å². The lowest BCUT2D eigenvalue weighted by Crippen LogP contribution is -2.33. The number of hydrogen-bond donors (Lipinski definition) is 1. The van der Waals surface area contributed by atoms with E-state index in [2.05, 4.69) is 10.2 Å². The van der Waals surface area contributed by atoms with Gasteiger partial charge in [-0.3, -0.25) is 0 Å². The van der Waals surface area contributed by atoms with Crippen LogP contribution in [0.5, 0.6) is 0 Å². The molecule has 2 unspecified atom stereocenters. The van der Waals surface area contributed by atoms with Gasteiger partial charge in [0.2, 0.25) is 0 Å². The minimum atomic E-state index is -2.41. The van der Waals surface area contributed by atoms with Gasteiger partial charge in [0.05, 0.1) is 0 Å². The summed E-state index contributed by atoms with van der Waals surface area (Å²) in [4.78, 5) is 2.15. The Bertz CT molecular complexity index is 232. The Morgan fingerprint density at radius 2 is 2.14 bits per heavy atom. The molecule has 0 radical (unpaired) electrons. The molecule has 14 heavy (non-hydrogen) atoms. The maximum Gasteiger partial charge on any atom is 0.255 e. The van der Waals surface area contributed by atoms with Crippen LogP contribution in [0, 0.1) is 5.41 Å². The molecule has 2 nitrogen and oxygen atoms in total. The Labute approximate surface area is 83.7 Å². The number of rotatable bonds is 3. The SMILES string of the molecule is CNC1CCN(CC2(C)CC2(F)F)C1. The van der Waals surface area contributed by atoms with Gasteiger partial charge in [0, 0.05) is 31.0 Å². The largest absolute Gasteiger partial charge is 0.316 e. The van der Waals surface area contributed by atoms with Gasteiger partial charge in [0.15, 0.2) is 0 Å². The highest BCUT2D eigenvalue weighted by molar-refractivity contribution is 5.09. The third-order valence-corrected chi connectivity index (χ3v) is 3.62. The molecule has 1 aliphatic carbocycles. The van der Waals surface area contributed by atoms with Crippen molar-refractivity contribution in [3.63, 3.8) is 0 Å². The highest BCUT2D eigenvalue weighted by Crippen LogP contribution is 2.60. The van der Waals surface area contributed by atoms with E-state index in [1.165, 1.54) is 0 Å². The molecular formula is C10H18F2N2. The van der Waals surface area contributed by atoms with Crippen molar-refractivity contribution in [1.29, 1.82) is 0 Å². The highest BCUT2D eigenvalue weighted by Gasteiger charge is 2.68. The number of likely N-dealkylation sites (N-methyl/N-ethyl adjacent to an activating group) is 1. The van der Waals surface area contributed by atoms with Crippen LogP contribution in [0.15, 0.2) is 0 Å². The van der Waals surface area contributed by atoms with Gasteiger partial charge in [0.1, 0.15) is 0 Å². The monoisotopic (exact) mass is 204 g/mol. The number of halogens is 2. The fourth-order valence-corrected chi connectivity index (χ4v) is 2.32. The van der Waals surface area contributed by atoms with Crippen molar-refractivity contribution in [3.05, 3.63) is 0 Å². The van der Waals surface area contributed by atoms with Crippen LogP contribution in [0.4, 0.5) is 8.78 Å². The molecule has 1 saturated heterocycles. The second kappa shape index (κ2) is 3.14. The van der Waals surface area contributed by atoms with Crippen LogP contribution in [-0.4, -0.2) is 43.5 Å². The molecule has 0 aromatic heterocycles. The van der Waals surface area contributed by atoms with Gasteiger partial charge in [-0.2, -0.15) is 0 Å². The quantitative estimate of drug-likeness (QED) is 0.746. The Hall–Kier alpha value is -0.220. The van der Waals surface area contributed by atoms with Gasteiger partial charge in [-0.1, -0.05) is 6.92 Å². The highest BCUT2D eigenvalue weighted by atomic mass is 19.3. The normalized spacial score (nSPS) is 41.6. The van der Waals surface area contributed by atoms with E-state index in [-0.39, 0.29) is 6.42 Å². The molecule has 1 N–H and O–H groups in total. The molecule has 1 aliphatic heterocycles. The molecule has 0 bridgehead atoms. The predicted molar refractivity (Wildman–Crippen MR) is 51.6 cm³/mol. The summed E-state index contributed by atoms with van der Waals surface area (Å²) in [7, 11) is 1.93. The van der Waals surface area contributed by atoms with Gasteiger partial charge < -0.3 is 10.2 Å². The Morgan fingerprint density at radius 3 is 2.57 bits per heavy atom. The summed E-state index contributed by atoms with van der Waals surface area (Å²) in [5.41, 5.74) is -0.740. The molecule has 82 valence electrons. The minimum absolute atomic E-state index is 0.0702. The van der Waals surface area contributed by atoms with E-state index in [0.29, 0.717) is 12.6 Å². The molecule has 1 saturated carbocycles. The van der Waals surface area contributed by atoms with Crippen LogP contribution in [0.2, 0.25) is 0 Å². The van der Waals surface area contributed by atoms with Crippen LogP contribution in [0.1, 0.15) is 19.8 Å². The van der Waals surface area contributed by atoms with Crippen LogP contribution in [0.25, 0.3) is 0 Å². The lowest BCUT2D eigenvalue weighted by atomic mass is 10.1. The van der Waals surface area contributed by atoms with E-state index in [1.807, 2.05) is 7.05 Å². The summed E-state index contributed by atoms with van der Waals surface area (Å²) in [5.74, 6) is -2.41. The second-order valence-electron chi connectivity index (χ2n) is 4.95. The van der Waals surface area contributed by atoms with Crippen molar-refractivity contribution >= 4 is 0 Å². The molecule has 2 fully saturated rings. The standard InChI is InChI=1S/C10H18F2N2/c1-9(6-10(9,11)12)7-14-4-3-8(5-14)13-2/h8,13H,3-7H2,1-2H3. The van der Waals surface area contributed by atoms with Gasteiger partial charge >= 0.3 is 0 Å². The summed E-state index contributed by atoms with van der Waals surface area (Å²) in [6.07, 6.45) is 1.15. The zero-order valence-corrected chi connectivity index (χ0v) is 8.82. The van der Waals surface area contributed by atoms with E-state index >= 15 is 0 Å². The first-order chi connectivity index (χ1) is 6.47. The van der Waals surface area contributed by atoms with Crippen LogP contribution in [-0.2, 0) is 0 Å². The van der Waals surface area contributed by atoms with E-state index in [1.54, 1.807) is 6.92 Å². The number of likely N-dealkylation sites (tertiary alicyclic amines) is 1. The topological polar surface area (TPSA) is 15.3 Å². The molecule has 1 heterocycles. The fraction of sp³-hybridized carbons (Fsp3) is 1.00. The van der Waals surface area contributed by atoms with Crippen LogP contribution < -0.4 is 5.32 Å². The summed E-state index contributed by atoms with van der Waals surface area (Å²) in [5, 5.41) is 3.19. The average molecular weight is 204 g/mol. The molecule has 0 aromatic rings. The van der Waals surface area contributed by atoms with Crippen LogP contribution >= 0.6 is 0 Å². The Kier molecular flexibility index (Phi) is 2.31. The van der Waals surface area contributed by atoms with E-state index in [4.69, 9.17) is 0 Å². The third-order valence-electron chi connectivity index (χ3n) is 3.62. The van der Waals surface area contributed by atoms with Crippen molar-refractivity contribution < 1.29 is 8.78 Å². The smallest absolute Gasteiger partial charge is 0.255 e.